The smallest absolute Gasteiger partial charge is 0.376 e. The second-order valence-electron chi connectivity index (χ2n) is 6.69. The number of halogens is 3. The predicted octanol–water partition coefficient (Wildman–Crippen LogP) is 2.94. The lowest BCUT2D eigenvalue weighted by atomic mass is 10.00. The van der Waals surface area contributed by atoms with Gasteiger partial charge in [0.05, 0.1) is 16.9 Å². The molecule has 2 N–H and O–H groups in total. The minimum Gasteiger partial charge on any atom is -0.376 e. The molecule has 148 valence electrons. The summed E-state index contributed by atoms with van der Waals surface area (Å²) in [6.45, 7) is 0.0609. The van der Waals surface area contributed by atoms with Gasteiger partial charge < -0.3 is 15.4 Å². The van der Waals surface area contributed by atoms with E-state index in [0.29, 0.717) is 12.8 Å². The second-order valence-corrected chi connectivity index (χ2v) is 6.69. The van der Waals surface area contributed by atoms with Crippen LogP contribution in [0.3, 0.4) is 0 Å². The molecular weight excluding hydrogens is 373 g/mol. The summed E-state index contributed by atoms with van der Waals surface area (Å²) >= 11 is 0. The summed E-state index contributed by atoms with van der Waals surface area (Å²) < 4.78 is 44.6. The van der Waals surface area contributed by atoms with Crippen molar-refractivity contribution in [3.63, 3.8) is 0 Å². The number of carbonyl (C=O) groups excluding carboxylic acids is 2. The lowest BCUT2D eigenvalue weighted by Crippen LogP contribution is -2.48. The van der Waals surface area contributed by atoms with Gasteiger partial charge in [0.25, 0.3) is 0 Å². The first-order valence-electron chi connectivity index (χ1n) is 8.61. The quantitative estimate of drug-likeness (QED) is 0.787. The molecule has 2 aromatic carbocycles. The van der Waals surface area contributed by atoms with Crippen LogP contribution >= 0.6 is 0 Å². The summed E-state index contributed by atoms with van der Waals surface area (Å²) in [5.74, 6) is -2.19. The Kier molecular flexibility index (Phi) is 5.42. The van der Waals surface area contributed by atoms with Crippen molar-refractivity contribution in [2.24, 2.45) is 0 Å². The number of methoxy groups -OCH3 is 1. The summed E-state index contributed by atoms with van der Waals surface area (Å²) in [4.78, 5) is 24.2. The molecule has 0 bridgehead atoms. The van der Waals surface area contributed by atoms with Crippen molar-refractivity contribution < 1.29 is 27.5 Å². The second kappa shape index (κ2) is 7.63. The van der Waals surface area contributed by atoms with Crippen molar-refractivity contribution in [1.29, 1.82) is 0 Å². The zero-order chi connectivity index (χ0) is 20.4. The normalized spacial score (nSPS) is 15.0. The van der Waals surface area contributed by atoms with Gasteiger partial charge in [-0.05, 0) is 23.3 Å². The SMILES string of the molecule is COC1(CNC(=O)C(=O)Nc2ccccc2C(F)(F)F)Cc2ccccc2C1. The van der Waals surface area contributed by atoms with Crippen LogP contribution in [-0.4, -0.2) is 31.1 Å². The molecule has 0 fully saturated rings. The van der Waals surface area contributed by atoms with Crippen molar-refractivity contribution >= 4 is 17.5 Å². The van der Waals surface area contributed by atoms with Crippen molar-refractivity contribution in [2.45, 2.75) is 24.6 Å². The van der Waals surface area contributed by atoms with Gasteiger partial charge in [0.1, 0.15) is 0 Å². The summed E-state index contributed by atoms with van der Waals surface area (Å²) in [5.41, 5.74) is 0.0219. The number of benzene rings is 2. The lowest BCUT2D eigenvalue weighted by molar-refractivity contribution is -0.138. The zero-order valence-corrected chi connectivity index (χ0v) is 15.1. The van der Waals surface area contributed by atoms with Gasteiger partial charge in [0, 0.05) is 26.5 Å². The van der Waals surface area contributed by atoms with Crippen LogP contribution in [-0.2, 0) is 33.3 Å². The largest absolute Gasteiger partial charge is 0.418 e. The third kappa shape index (κ3) is 4.17. The Bertz CT molecular complexity index is 871. The van der Waals surface area contributed by atoms with Crippen LogP contribution in [0.5, 0.6) is 0 Å². The Morgan fingerprint density at radius 1 is 1.00 bits per heavy atom. The van der Waals surface area contributed by atoms with Crippen molar-refractivity contribution in [3.8, 4) is 0 Å². The minimum absolute atomic E-state index is 0.0609. The minimum atomic E-state index is -4.64. The van der Waals surface area contributed by atoms with Crippen molar-refractivity contribution in [1.82, 2.24) is 5.32 Å². The Morgan fingerprint density at radius 3 is 2.14 bits per heavy atom. The highest BCUT2D eigenvalue weighted by atomic mass is 19.4. The highest BCUT2D eigenvalue weighted by Gasteiger charge is 2.38. The van der Waals surface area contributed by atoms with Crippen LogP contribution in [0.15, 0.2) is 48.5 Å². The molecule has 3 rings (SSSR count). The van der Waals surface area contributed by atoms with E-state index in [1.54, 1.807) is 0 Å². The molecular formula is C20H19F3N2O3. The first-order chi connectivity index (χ1) is 13.2. The fourth-order valence-electron chi connectivity index (χ4n) is 3.34. The molecule has 0 radical (unpaired) electrons. The maximum atomic E-state index is 13.0. The number of ether oxygens (including phenoxy) is 1. The summed E-state index contributed by atoms with van der Waals surface area (Å²) in [7, 11) is 1.53. The lowest BCUT2D eigenvalue weighted by Gasteiger charge is -2.27. The Hall–Kier alpha value is -2.87. The molecule has 5 nitrogen and oxygen atoms in total. The third-order valence-corrected chi connectivity index (χ3v) is 4.83. The summed E-state index contributed by atoms with van der Waals surface area (Å²) in [6.07, 6.45) is -3.51. The number of hydrogen-bond donors (Lipinski definition) is 2. The van der Waals surface area contributed by atoms with Crippen LogP contribution in [0.2, 0.25) is 0 Å². The molecule has 0 saturated heterocycles. The van der Waals surface area contributed by atoms with Gasteiger partial charge in [0.2, 0.25) is 0 Å². The summed E-state index contributed by atoms with van der Waals surface area (Å²) in [5, 5.41) is 4.50. The number of fused-ring (bicyclic) bond motifs is 1. The van der Waals surface area contributed by atoms with E-state index in [1.165, 1.54) is 19.2 Å². The average molecular weight is 392 g/mol. The first kappa shape index (κ1) is 19.9. The van der Waals surface area contributed by atoms with Crippen LogP contribution in [0.1, 0.15) is 16.7 Å². The van der Waals surface area contributed by atoms with Gasteiger partial charge in [-0.1, -0.05) is 36.4 Å². The molecule has 0 saturated carbocycles. The Morgan fingerprint density at radius 2 is 1.57 bits per heavy atom. The standard InChI is InChI=1S/C20H19F3N2O3/c1-28-19(10-13-6-2-3-7-14(13)11-19)12-24-17(26)18(27)25-16-9-5-4-8-15(16)20(21,22)23/h2-9H,10-12H2,1H3,(H,24,26)(H,25,27). The van der Waals surface area contributed by atoms with E-state index in [4.69, 9.17) is 4.74 Å². The molecule has 0 heterocycles. The highest BCUT2D eigenvalue weighted by molar-refractivity contribution is 6.39. The first-order valence-corrected chi connectivity index (χ1v) is 8.61. The van der Waals surface area contributed by atoms with E-state index in [-0.39, 0.29) is 6.54 Å². The van der Waals surface area contributed by atoms with Crippen molar-refractivity contribution in [2.75, 3.05) is 19.0 Å². The van der Waals surface area contributed by atoms with Crippen LogP contribution < -0.4 is 10.6 Å². The molecule has 0 unspecified atom stereocenters. The van der Waals surface area contributed by atoms with Crippen LogP contribution in [0.4, 0.5) is 18.9 Å². The van der Waals surface area contributed by atoms with Crippen LogP contribution in [0.25, 0.3) is 0 Å². The number of hydrogen-bond acceptors (Lipinski definition) is 3. The maximum Gasteiger partial charge on any atom is 0.418 e. The van der Waals surface area contributed by atoms with Crippen molar-refractivity contribution in [3.05, 3.63) is 65.2 Å². The number of alkyl halides is 3. The molecule has 2 amide bonds. The average Bonchev–Trinajstić information content (AvgIpc) is 3.05. The van der Waals surface area contributed by atoms with E-state index in [0.717, 1.165) is 23.3 Å². The Balaban J connectivity index is 1.64. The van der Waals surface area contributed by atoms with E-state index in [9.17, 15) is 22.8 Å². The zero-order valence-electron chi connectivity index (χ0n) is 15.1. The molecule has 0 atom stereocenters. The van der Waals surface area contributed by atoms with Gasteiger partial charge in [-0.3, -0.25) is 9.59 Å². The topological polar surface area (TPSA) is 67.4 Å². The molecule has 28 heavy (non-hydrogen) atoms. The van der Waals surface area contributed by atoms with E-state index >= 15 is 0 Å². The fourth-order valence-corrected chi connectivity index (χ4v) is 3.34. The summed E-state index contributed by atoms with van der Waals surface area (Å²) in [6, 6.07) is 12.2. The molecule has 0 aromatic heterocycles. The van der Waals surface area contributed by atoms with Gasteiger partial charge in [-0.2, -0.15) is 13.2 Å². The molecule has 1 aliphatic carbocycles. The van der Waals surface area contributed by atoms with Gasteiger partial charge in [0.15, 0.2) is 0 Å². The monoisotopic (exact) mass is 392 g/mol. The Labute approximate surface area is 159 Å². The molecule has 1 aliphatic rings. The number of rotatable bonds is 4. The molecule has 2 aromatic rings. The number of para-hydroxylation sites is 1. The van der Waals surface area contributed by atoms with Gasteiger partial charge >= 0.3 is 18.0 Å². The maximum absolute atomic E-state index is 13.0. The van der Waals surface area contributed by atoms with E-state index in [2.05, 4.69) is 5.32 Å². The predicted molar refractivity (Wildman–Crippen MR) is 96.7 cm³/mol. The number of nitrogens with one attached hydrogen (secondary N) is 2. The highest BCUT2D eigenvalue weighted by Crippen LogP contribution is 2.34. The molecule has 0 aliphatic heterocycles. The molecule has 8 heteroatoms. The van der Waals surface area contributed by atoms with Gasteiger partial charge in [-0.25, -0.2) is 0 Å². The fraction of sp³-hybridized carbons (Fsp3) is 0.300. The number of amides is 2. The van der Waals surface area contributed by atoms with E-state index in [1.807, 2.05) is 29.6 Å². The third-order valence-electron chi connectivity index (χ3n) is 4.83. The van der Waals surface area contributed by atoms with E-state index < -0.39 is 34.8 Å². The van der Waals surface area contributed by atoms with Crippen LogP contribution in [0, 0.1) is 0 Å². The molecule has 0 spiro atoms. The number of anilines is 1. The number of carbonyl (C=O) groups is 2. The van der Waals surface area contributed by atoms with Gasteiger partial charge in [-0.15, -0.1) is 0 Å².